The molecule has 3 N–H and O–H groups in total. The Morgan fingerprint density at radius 1 is 1.41 bits per heavy atom. The SMILES string of the molecule is CC(=O)NC1CCN(CC(C)(O)C(=O)O)CC1. The maximum Gasteiger partial charge on any atom is 0.336 e. The highest BCUT2D eigenvalue weighted by Crippen LogP contribution is 2.14. The summed E-state index contributed by atoms with van der Waals surface area (Å²) in [6, 6.07) is 0.165. The largest absolute Gasteiger partial charge is 0.479 e. The molecule has 0 radical (unpaired) electrons. The molecular weight excluding hydrogens is 224 g/mol. The van der Waals surface area contributed by atoms with Crippen LogP contribution in [0.25, 0.3) is 0 Å². The third-order valence-corrected chi connectivity index (χ3v) is 2.99. The number of hydrogen-bond donors (Lipinski definition) is 3. The van der Waals surface area contributed by atoms with Gasteiger partial charge in [-0.25, -0.2) is 4.79 Å². The third-order valence-electron chi connectivity index (χ3n) is 2.99. The van der Waals surface area contributed by atoms with Gasteiger partial charge >= 0.3 is 5.97 Å². The third kappa shape index (κ3) is 4.32. The second-order valence-corrected chi connectivity index (χ2v) is 4.83. The summed E-state index contributed by atoms with van der Waals surface area (Å²) >= 11 is 0. The number of amides is 1. The minimum Gasteiger partial charge on any atom is -0.479 e. The van der Waals surface area contributed by atoms with Crippen LogP contribution in [0, 0.1) is 0 Å². The fourth-order valence-electron chi connectivity index (χ4n) is 2.03. The van der Waals surface area contributed by atoms with Crippen molar-refractivity contribution in [3.05, 3.63) is 0 Å². The number of nitrogens with one attached hydrogen (secondary N) is 1. The molecule has 0 aromatic carbocycles. The van der Waals surface area contributed by atoms with Gasteiger partial charge in [0, 0.05) is 32.6 Å². The molecule has 1 aliphatic heterocycles. The van der Waals surface area contributed by atoms with Crippen LogP contribution in [-0.4, -0.2) is 58.3 Å². The molecule has 98 valence electrons. The smallest absolute Gasteiger partial charge is 0.336 e. The average Bonchev–Trinajstić information content (AvgIpc) is 2.19. The van der Waals surface area contributed by atoms with Crippen LogP contribution in [0.15, 0.2) is 0 Å². The summed E-state index contributed by atoms with van der Waals surface area (Å²) in [5, 5.41) is 21.3. The summed E-state index contributed by atoms with van der Waals surface area (Å²) < 4.78 is 0. The number of aliphatic hydroxyl groups is 1. The molecule has 17 heavy (non-hydrogen) atoms. The van der Waals surface area contributed by atoms with Gasteiger partial charge in [-0.15, -0.1) is 0 Å². The number of hydrogen-bond acceptors (Lipinski definition) is 4. The van der Waals surface area contributed by atoms with Crippen LogP contribution in [0.5, 0.6) is 0 Å². The zero-order chi connectivity index (χ0) is 13.1. The molecule has 1 amide bonds. The summed E-state index contributed by atoms with van der Waals surface area (Å²) in [4.78, 5) is 23.5. The fraction of sp³-hybridized carbons (Fsp3) is 0.818. The minimum absolute atomic E-state index is 0.0408. The zero-order valence-electron chi connectivity index (χ0n) is 10.3. The van der Waals surface area contributed by atoms with E-state index in [2.05, 4.69) is 5.32 Å². The normalized spacial score (nSPS) is 21.8. The Kier molecular flexibility index (Phi) is 4.47. The summed E-state index contributed by atoms with van der Waals surface area (Å²) in [6.45, 7) is 4.29. The van der Waals surface area contributed by atoms with Crippen molar-refractivity contribution in [1.82, 2.24) is 10.2 Å². The van der Waals surface area contributed by atoms with Gasteiger partial charge in [0.25, 0.3) is 0 Å². The van der Waals surface area contributed by atoms with Crippen molar-refractivity contribution in [2.45, 2.75) is 38.3 Å². The second kappa shape index (κ2) is 5.46. The number of rotatable bonds is 4. The van der Waals surface area contributed by atoms with Gasteiger partial charge in [0.05, 0.1) is 0 Å². The lowest BCUT2D eigenvalue weighted by atomic mass is 10.0. The molecular formula is C11H20N2O4. The van der Waals surface area contributed by atoms with Gasteiger partial charge < -0.3 is 15.5 Å². The van der Waals surface area contributed by atoms with Crippen LogP contribution in [0.3, 0.4) is 0 Å². The minimum atomic E-state index is -1.71. The molecule has 1 atom stereocenters. The first-order chi connectivity index (χ1) is 7.81. The molecule has 1 fully saturated rings. The molecule has 6 nitrogen and oxygen atoms in total. The summed E-state index contributed by atoms with van der Waals surface area (Å²) in [7, 11) is 0. The first-order valence-corrected chi connectivity index (χ1v) is 5.76. The van der Waals surface area contributed by atoms with E-state index in [4.69, 9.17) is 5.11 Å². The molecule has 0 spiro atoms. The van der Waals surface area contributed by atoms with Crippen LogP contribution < -0.4 is 5.32 Å². The van der Waals surface area contributed by atoms with Crippen molar-refractivity contribution in [2.75, 3.05) is 19.6 Å². The van der Waals surface area contributed by atoms with Crippen LogP contribution in [-0.2, 0) is 9.59 Å². The number of piperidine rings is 1. The molecule has 0 saturated carbocycles. The molecule has 0 aromatic heterocycles. The number of likely N-dealkylation sites (tertiary alicyclic amines) is 1. The van der Waals surface area contributed by atoms with Gasteiger partial charge in [0.2, 0.25) is 5.91 Å². The van der Waals surface area contributed by atoms with E-state index in [-0.39, 0.29) is 18.5 Å². The van der Waals surface area contributed by atoms with E-state index in [1.54, 1.807) is 0 Å². The number of carboxylic acid groups (broad SMARTS) is 1. The summed E-state index contributed by atoms with van der Waals surface area (Å²) in [5.41, 5.74) is -1.71. The van der Waals surface area contributed by atoms with Crippen LogP contribution >= 0.6 is 0 Å². The highest BCUT2D eigenvalue weighted by Gasteiger charge is 2.33. The van der Waals surface area contributed by atoms with Gasteiger partial charge in [-0.05, 0) is 19.8 Å². The Labute approximate surface area is 101 Å². The lowest BCUT2D eigenvalue weighted by molar-refractivity contribution is -0.158. The molecule has 1 saturated heterocycles. The van der Waals surface area contributed by atoms with Crippen molar-refractivity contribution in [3.63, 3.8) is 0 Å². The van der Waals surface area contributed by atoms with E-state index in [0.717, 1.165) is 12.8 Å². The van der Waals surface area contributed by atoms with E-state index < -0.39 is 11.6 Å². The Morgan fingerprint density at radius 2 is 1.94 bits per heavy atom. The van der Waals surface area contributed by atoms with Crippen LogP contribution in [0.1, 0.15) is 26.7 Å². The van der Waals surface area contributed by atoms with E-state index in [1.165, 1.54) is 13.8 Å². The summed E-state index contributed by atoms with van der Waals surface area (Å²) in [5.74, 6) is -1.25. The van der Waals surface area contributed by atoms with Crippen molar-refractivity contribution in [3.8, 4) is 0 Å². The average molecular weight is 244 g/mol. The maximum absolute atomic E-state index is 10.9. The Balaban J connectivity index is 2.37. The standard InChI is InChI=1S/C11H20N2O4/c1-8(14)12-9-3-5-13(6-4-9)7-11(2,17)10(15)16/h9,17H,3-7H2,1-2H3,(H,12,14)(H,15,16). The lowest BCUT2D eigenvalue weighted by Gasteiger charge is -2.35. The fourth-order valence-corrected chi connectivity index (χ4v) is 2.03. The monoisotopic (exact) mass is 244 g/mol. The second-order valence-electron chi connectivity index (χ2n) is 4.83. The molecule has 0 bridgehead atoms. The predicted molar refractivity (Wildman–Crippen MR) is 61.5 cm³/mol. The van der Waals surface area contributed by atoms with E-state index in [0.29, 0.717) is 13.1 Å². The van der Waals surface area contributed by atoms with Gasteiger partial charge in [0.1, 0.15) is 0 Å². The zero-order valence-corrected chi connectivity index (χ0v) is 10.3. The van der Waals surface area contributed by atoms with E-state index in [1.807, 2.05) is 4.90 Å². The molecule has 0 aliphatic carbocycles. The summed E-state index contributed by atoms with van der Waals surface area (Å²) in [6.07, 6.45) is 1.57. The van der Waals surface area contributed by atoms with Crippen molar-refractivity contribution in [1.29, 1.82) is 0 Å². The van der Waals surface area contributed by atoms with Crippen LogP contribution in [0.4, 0.5) is 0 Å². The predicted octanol–water partition coefficient (Wildman–Crippen LogP) is -0.577. The quantitative estimate of drug-likeness (QED) is 0.616. The van der Waals surface area contributed by atoms with Gasteiger partial charge in [-0.1, -0.05) is 0 Å². The van der Waals surface area contributed by atoms with Gasteiger partial charge in [0.15, 0.2) is 5.60 Å². The maximum atomic E-state index is 10.9. The number of carbonyl (C=O) groups excluding carboxylic acids is 1. The van der Waals surface area contributed by atoms with Crippen molar-refractivity contribution in [2.24, 2.45) is 0 Å². The molecule has 1 unspecified atom stereocenters. The highest BCUT2D eigenvalue weighted by molar-refractivity contribution is 5.76. The molecule has 1 heterocycles. The highest BCUT2D eigenvalue weighted by atomic mass is 16.4. The Hall–Kier alpha value is -1.14. The Morgan fingerprint density at radius 3 is 2.35 bits per heavy atom. The topological polar surface area (TPSA) is 89.9 Å². The number of carboxylic acids is 1. The first-order valence-electron chi connectivity index (χ1n) is 5.76. The van der Waals surface area contributed by atoms with Crippen molar-refractivity contribution >= 4 is 11.9 Å². The number of aliphatic carboxylic acids is 1. The molecule has 1 aliphatic rings. The number of β-amino-alcohol motifs (C(OH)–C–C–N with tert-alkyl or cyclic N) is 1. The van der Waals surface area contributed by atoms with Crippen molar-refractivity contribution < 1.29 is 19.8 Å². The molecule has 6 heteroatoms. The first kappa shape index (κ1) is 13.9. The van der Waals surface area contributed by atoms with Gasteiger partial charge in [-0.2, -0.15) is 0 Å². The lowest BCUT2D eigenvalue weighted by Crippen LogP contribution is -2.51. The number of carbonyl (C=O) groups is 2. The van der Waals surface area contributed by atoms with Crippen LogP contribution in [0.2, 0.25) is 0 Å². The number of nitrogens with zero attached hydrogens (tertiary/aromatic N) is 1. The Bertz CT molecular complexity index is 296. The van der Waals surface area contributed by atoms with E-state index >= 15 is 0 Å². The molecule has 0 aromatic rings. The molecule has 1 rings (SSSR count). The van der Waals surface area contributed by atoms with E-state index in [9.17, 15) is 14.7 Å². The van der Waals surface area contributed by atoms with Gasteiger partial charge in [-0.3, -0.25) is 9.69 Å².